The molecule has 0 aromatic heterocycles. The molecule has 0 saturated heterocycles. The molecule has 2 nitrogen and oxygen atoms in total. The zero-order chi connectivity index (χ0) is 9.23. The first kappa shape index (κ1) is 11.9. The van der Waals surface area contributed by atoms with E-state index in [9.17, 15) is 0 Å². The Bertz CT molecular complexity index is 83.9. The van der Waals surface area contributed by atoms with Gasteiger partial charge in [0, 0.05) is 12.6 Å². The fourth-order valence-corrected chi connectivity index (χ4v) is 1.16. The van der Waals surface area contributed by atoms with E-state index in [1.54, 1.807) is 0 Å². The molecule has 0 amide bonds. The van der Waals surface area contributed by atoms with Crippen molar-refractivity contribution < 1.29 is 0 Å². The minimum Gasteiger partial charge on any atom is -0.329 e. The minimum absolute atomic E-state index is 0.483. The smallest absolute Gasteiger partial charge is 0.0161 e. The third kappa shape index (κ3) is 8.02. The fraction of sp³-hybridized carbons (Fsp3) is 1.00. The lowest BCUT2D eigenvalue weighted by molar-refractivity contribution is 0.521. The molecule has 0 aromatic carbocycles. The monoisotopic (exact) mass is 172 g/mol. The Balaban J connectivity index is 2.90. The maximum Gasteiger partial charge on any atom is 0.0161 e. The first-order valence-corrected chi connectivity index (χ1v) is 5.24. The molecule has 74 valence electrons. The van der Waals surface area contributed by atoms with E-state index in [-0.39, 0.29) is 0 Å². The summed E-state index contributed by atoms with van der Waals surface area (Å²) in [5.74, 6) is 0. The minimum atomic E-state index is 0.483. The molecule has 0 spiro atoms. The van der Waals surface area contributed by atoms with Crippen LogP contribution in [0.4, 0.5) is 0 Å². The second kappa shape index (κ2) is 9.01. The Kier molecular flexibility index (Phi) is 8.95. The Morgan fingerprint density at radius 3 is 2.42 bits per heavy atom. The summed E-state index contributed by atoms with van der Waals surface area (Å²) < 4.78 is 0. The van der Waals surface area contributed by atoms with E-state index in [0.717, 1.165) is 13.1 Å². The molecule has 0 unspecified atom stereocenters. The Morgan fingerprint density at radius 2 is 1.83 bits per heavy atom. The fourth-order valence-electron chi connectivity index (χ4n) is 1.16. The molecule has 1 atom stereocenters. The van der Waals surface area contributed by atoms with E-state index in [1.807, 2.05) is 0 Å². The summed E-state index contributed by atoms with van der Waals surface area (Å²) in [7, 11) is 0. The summed E-state index contributed by atoms with van der Waals surface area (Å²) in [6.07, 6.45) is 6.75. The van der Waals surface area contributed by atoms with Gasteiger partial charge in [0.05, 0.1) is 0 Å². The van der Waals surface area contributed by atoms with Crippen molar-refractivity contribution in [3.05, 3.63) is 0 Å². The molecular formula is C10H24N2. The van der Waals surface area contributed by atoms with Crippen molar-refractivity contribution in [1.82, 2.24) is 5.32 Å². The molecule has 0 heterocycles. The van der Waals surface area contributed by atoms with Crippen molar-refractivity contribution in [2.75, 3.05) is 13.1 Å². The quantitative estimate of drug-likeness (QED) is 0.549. The Hall–Kier alpha value is -0.0800. The highest BCUT2D eigenvalue weighted by Crippen LogP contribution is 2.01. The highest BCUT2D eigenvalue weighted by molar-refractivity contribution is 4.59. The van der Waals surface area contributed by atoms with Gasteiger partial charge in [-0.1, -0.05) is 32.6 Å². The standard InChI is InChI=1S/C10H24N2/c1-3-4-5-6-7-8-12-10(2)9-11/h10,12H,3-9,11H2,1-2H3/t10-/m0/s1. The van der Waals surface area contributed by atoms with Gasteiger partial charge in [-0.2, -0.15) is 0 Å². The molecule has 0 aliphatic heterocycles. The second-order valence-electron chi connectivity index (χ2n) is 3.51. The van der Waals surface area contributed by atoms with Crippen LogP contribution in [0.15, 0.2) is 0 Å². The predicted octanol–water partition coefficient (Wildman–Crippen LogP) is 1.89. The van der Waals surface area contributed by atoms with E-state index in [4.69, 9.17) is 5.73 Å². The summed E-state index contributed by atoms with van der Waals surface area (Å²) in [5, 5.41) is 3.38. The van der Waals surface area contributed by atoms with E-state index in [1.165, 1.54) is 32.1 Å². The predicted molar refractivity (Wildman–Crippen MR) is 55.3 cm³/mol. The van der Waals surface area contributed by atoms with Crippen LogP contribution in [0.5, 0.6) is 0 Å². The van der Waals surface area contributed by atoms with Gasteiger partial charge in [-0.05, 0) is 19.9 Å². The molecule has 0 saturated carbocycles. The average molecular weight is 172 g/mol. The molecule has 2 heteroatoms. The first-order valence-electron chi connectivity index (χ1n) is 5.24. The summed E-state index contributed by atoms with van der Waals surface area (Å²) in [6, 6.07) is 0.483. The zero-order valence-electron chi connectivity index (χ0n) is 8.60. The normalized spacial score (nSPS) is 13.2. The largest absolute Gasteiger partial charge is 0.329 e. The van der Waals surface area contributed by atoms with Crippen LogP contribution < -0.4 is 11.1 Å². The number of unbranched alkanes of at least 4 members (excludes halogenated alkanes) is 4. The van der Waals surface area contributed by atoms with E-state index in [2.05, 4.69) is 19.2 Å². The van der Waals surface area contributed by atoms with Crippen molar-refractivity contribution in [3.63, 3.8) is 0 Å². The van der Waals surface area contributed by atoms with Crippen LogP contribution in [-0.4, -0.2) is 19.1 Å². The van der Waals surface area contributed by atoms with Crippen molar-refractivity contribution in [2.45, 2.75) is 52.0 Å². The molecule has 0 fully saturated rings. The lowest BCUT2D eigenvalue weighted by atomic mass is 10.1. The Labute approximate surface area is 76.9 Å². The van der Waals surface area contributed by atoms with Gasteiger partial charge in [0.25, 0.3) is 0 Å². The summed E-state index contributed by atoms with van der Waals surface area (Å²) in [5.41, 5.74) is 5.47. The van der Waals surface area contributed by atoms with Gasteiger partial charge in [-0.3, -0.25) is 0 Å². The number of hydrogen-bond donors (Lipinski definition) is 2. The van der Waals surface area contributed by atoms with Gasteiger partial charge in [0.15, 0.2) is 0 Å². The molecule has 0 radical (unpaired) electrons. The summed E-state index contributed by atoms with van der Waals surface area (Å²) in [6.45, 7) is 6.25. The van der Waals surface area contributed by atoms with Crippen LogP contribution in [0.2, 0.25) is 0 Å². The van der Waals surface area contributed by atoms with E-state index < -0.39 is 0 Å². The third-order valence-electron chi connectivity index (χ3n) is 2.13. The van der Waals surface area contributed by atoms with Crippen LogP contribution >= 0.6 is 0 Å². The highest BCUT2D eigenvalue weighted by atomic mass is 14.9. The average Bonchev–Trinajstić information content (AvgIpc) is 2.10. The molecule has 0 aliphatic carbocycles. The molecular weight excluding hydrogens is 148 g/mol. The molecule has 0 aliphatic rings. The van der Waals surface area contributed by atoms with Gasteiger partial charge in [0.2, 0.25) is 0 Å². The highest BCUT2D eigenvalue weighted by Gasteiger charge is 1.95. The number of nitrogens with two attached hydrogens (primary N) is 1. The third-order valence-corrected chi connectivity index (χ3v) is 2.13. The number of nitrogens with one attached hydrogen (secondary N) is 1. The van der Waals surface area contributed by atoms with Crippen LogP contribution in [0.3, 0.4) is 0 Å². The van der Waals surface area contributed by atoms with Gasteiger partial charge in [0.1, 0.15) is 0 Å². The van der Waals surface area contributed by atoms with Crippen molar-refractivity contribution in [3.8, 4) is 0 Å². The van der Waals surface area contributed by atoms with E-state index in [0.29, 0.717) is 6.04 Å². The van der Waals surface area contributed by atoms with Gasteiger partial charge in [-0.25, -0.2) is 0 Å². The summed E-state index contributed by atoms with van der Waals surface area (Å²) >= 11 is 0. The van der Waals surface area contributed by atoms with Crippen LogP contribution in [0.1, 0.15) is 46.0 Å². The van der Waals surface area contributed by atoms with Gasteiger partial charge in [-0.15, -0.1) is 0 Å². The van der Waals surface area contributed by atoms with Crippen molar-refractivity contribution in [2.24, 2.45) is 5.73 Å². The van der Waals surface area contributed by atoms with Crippen molar-refractivity contribution in [1.29, 1.82) is 0 Å². The van der Waals surface area contributed by atoms with E-state index >= 15 is 0 Å². The molecule has 0 rings (SSSR count). The van der Waals surface area contributed by atoms with Gasteiger partial charge >= 0.3 is 0 Å². The Morgan fingerprint density at radius 1 is 1.17 bits per heavy atom. The molecule has 0 bridgehead atoms. The molecule has 0 aromatic rings. The number of rotatable bonds is 8. The SMILES string of the molecule is CCCCCCCN[C@@H](C)CN. The maximum atomic E-state index is 5.47. The molecule has 3 N–H and O–H groups in total. The van der Waals surface area contributed by atoms with Crippen molar-refractivity contribution >= 4 is 0 Å². The topological polar surface area (TPSA) is 38.0 Å². The zero-order valence-corrected chi connectivity index (χ0v) is 8.60. The lowest BCUT2D eigenvalue weighted by Gasteiger charge is -2.10. The van der Waals surface area contributed by atoms with Gasteiger partial charge < -0.3 is 11.1 Å². The second-order valence-corrected chi connectivity index (χ2v) is 3.51. The number of hydrogen-bond acceptors (Lipinski definition) is 2. The summed E-state index contributed by atoms with van der Waals surface area (Å²) in [4.78, 5) is 0. The first-order chi connectivity index (χ1) is 5.81. The van der Waals surface area contributed by atoms with Crippen LogP contribution in [0, 0.1) is 0 Å². The molecule has 12 heavy (non-hydrogen) atoms. The van der Waals surface area contributed by atoms with Crippen LogP contribution in [0.25, 0.3) is 0 Å². The maximum absolute atomic E-state index is 5.47. The van der Waals surface area contributed by atoms with Crippen LogP contribution in [-0.2, 0) is 0 Å². The lowest BCUT2D eigenvalue weighted by Crippen LogP contribution is -2.33.